The Morgan fingerprint density at radius 3 is 2.38 bits per heavy atom. The van der Waals surface area contributed by atoms with E-state index < -0.39 is 11.6 Å². The number of carbonyl (C=O) groups is 1. The molecule has 2 aromatic heterocycles. The minimum absolute atomic E-state index is 0.220. The van der Waals surface area contributed by atoms with Gasteiger partial charge < -0.3 is 24.5 Å². The molecule has 0 fully saturated rings. The number of nitrogens with zero attached hydrogens (tertiary/aromatic N) is 3. The number of furan rings is 1. The van der Waals surface area contributed by atoms with Gasteiger partial charge in [-0.05, 0) is 37.6 Å². The van der Waals surface area contributed by atoms with Crippen molar-refractivity contribution >= 4 is 28.5 Å². The van der Waals surface area contributed by atoms with Gasteiger partial charge in [-0.25, -0.2) is 14.8 Å². The van der Waals surface area contributed by atoms with Crippen molar-refractivity contribution in [2.45, 2.75) is 19.4 Å². The van der Waals surface area contributed by atoms with Crippen molar-refractivity contribution in [3.8, 4) is 17.2 Å². The number of para-hydroxylation sites is 1. The molecule has 0 saturated carbocycles. The van der Waals surface area contributed by atoms with Gasteiger partial charge >= 0.3 is 6.09 Å². The minimum atomic E-state index is -1.10. The highest BCUT2D eigenvalue weighted by Gasteiger charge is 2.24. The van der Waals surface area contributed by atoms with Gasteiger partial charge in [-0.2, -0.15) is 0 Å². The molecule has 0 aliphatic rings. The van der Waals surface area contributed by atoms with Gasteiger partial charge in [0.1, 0.15) is 5.58 Å². The number of fused-ring (bicyclic) bond motifs is 1. The molecule has 1 amide bonds. The van der Waals surface area contributed by atoms with Gasteiger partial charge in [0.15, 0.2) is 0 Å². The minimum Gasteiger partial charge on any atom is -0.480 e. The predicted octanol–water partition coefficient (Wildman–Crippen LogP) is 6.21. The molecule has 3 aromatic carbocycles. The number of nitrogens with one attached hydrogen (secondary N) is 1. The van der Waals surface area contributed by atoms with Crippen LogP contribution < -0.4 is 5.32 Å². The molecule has 186 valence electrons. The van der Waals surface area contributed by atoms with E-state index in [1.807, 2.05) is 84.5 Å². The number of aryl methyl sites for hydroxylation is 1. The summed E-state index contributed by atoms with van der Waals surface area (Å²) in [5.41, 5.74) is 4.84. The zero-order chi connectivity index (χ0) is 26.2. The number of amides is 1. The van der Waals surface area contributed by atoms with Crippen LogP contribution in [0.25, 0.3) is 22.2 Å². The fraction of sp³-hybridized carbons (Fsp3) is 0.138. The van der Waals surface area contributed by atoms with Crippen LogP contribution in [0.15, 0.2) is 94.7 Å². The van der Waals surface area contributed by atoms with Crippen LogP contribution in [-0.4, -0.2) is 31.6 Å². The van der Waals surface area contributed by atoms with E-state index in [1.54, 1.807) is 26.2 Å². The third-order valence-corrected chi connectivity index (χ3v) is 6.22. The molecule has 0 aliphatic heterocycles. The van der Waals surface area contributed by atoms with E-state index in [4.69, 9.17) is 9.41 Å². The molecule has 0 atom stereocenters. The maximum absolute atomic E-state index is 11.2. The lowest BCUT2D eigenvalue weighted by Gasteiger charge is -2.25. The topological polar surface area (TPSA) is 113 Å². The fourth-order valence-electron chi connectivity index (χ4n) is 4.31. The van der Waals surface area contributed by atoms with E-state index >= 15 is 0 Å². The molecule has 2 heterocycles. The summed E-state index contributed by atoms with van der Waals surface area (Å²) in [5.74, 6) is -0.220. The number of imidazole rings is 1. The quantitative estimate of drug-likeness (QED) is 0.243. The normalized spacial score (nSPS) is 12.1. The number of rotatable bonds is 6. The Kier molecular flexibility index (Phi) is 6.01. The summed E-state index contributed by atoms with van der Waals surface area (Å²) in [5, 5.41) is 23.2. The standard InChI is InChI=1S/C29H26N4O4/c1-29(2,32-28(35)36)20-12-8-19(9-13-20)26(25-22-6-4-5-7-24(22)37-27(25)34)31-21-14-10-18(11-15-21)23-16-33(3)17-30-23/h4-17,32,34H,1-3H3,(H,35,36). The lowest BCUT2D eigenvalue weighted by atomic mass is 9.92. The maximum Gasteiger partial charge on any atom is 0.405 e. The molecular weight excluding hydrogens is 468 g/mol. The van der Waals surface area contributed by atoms with Crippen LogP contribution in [0.2, 0.25) is 0 Å². The summed E-state index contributed by atoms with van der Waals surface area (Å²) in [6.07, 6.45) is 2.60. The van der Waals surface area contributed by atoms with E-state index in [9.17, 15) is 15.0 Å². The number of benzene rings is 3. The fourth-order valence-corrected chi connectivity index (χ4v) is 4.31. The molecule has 0 saturated heterocycles. The van der Waals surface area contributed by atoms with E-state index in [1.165, 1.54) is 0 Å². The van der Waals surface area contributed by atoms with Gasteiger partial charge in [-0.3, -0.25) is 0 Å². The molecule has 8 heteroatoms. The number of aromatic hydroxyl groups is 1. The Bertz CT molecular complexity index is 1610. The molecule has 0 aliphatic carbocycles. The van der Waals surface area contributed by atoms with Gasteiger partial charge in [0.2, 0.25) is 0 Å². The van der Waals surface area contributed by atoms with Crippen LogP contribution in [0, 0.1) is 0 Å². The molecule has 5 aromatic rings. The first-order valence-electron chi connectivity index (χ1n) is 11.7. The van der Waals surface area contributed by atoms with Crippen LogP contribution >= 0.6 is 0 Å². The van der Waals surface area contributed by atoms with E-state index in [0.29, 0.717) is 22.5 Å². The Balaban J connectivity index is 1.60. The predicted molar refractivity (Wildman–Crippen MR) is 142 cm³/mol. The van der Waals surface area contributed by atoms with Crippen molar-refractivity contribution in [1.29, 1.82) is 0 Å². The molecular formula is C29H26N4O4. The summed E-state index contributed by atoms with van der Waals surface area (Å²) in [6.45, 7) is 3.59. The smallest absolute Gasteiger partial charge is 0.405 e. The monoisotopic (exact) mass is 494 g/mol. The van der Waals surface area contributed by atoms with Crippen molar-refractivity contribution in [2.75, 3.05) is 0 Å². The summed E-state index contributed by atoms with van der Waals surface area (Å²) in [7, 11) is 1.92. The van der Waals surface area contributed by atoms with E-state index in [2.05, 4.69) is 10.3 Å². The summed E-state index contributed by atoms with van der Waals surface area (Å²) in [4.78, 5) is 20.5. The summed E-state index contributed by atoms with van der Waals surface area (Å²) < 4.78 is 7.52. The second kappa shape index (κ2) is 9.31. The third kappa shape index (κ3) is 4.81. The highest BCUT2D eigenvalue weighted by atomic mass is 16.5. The van der Waals surface area contributed by atoms with Crippen molar-refractivity contribution in [1.82, 2.24) is 14.9 Å². The Morgan fingerprint density at radius 1 is 1.03 bits per heavy atom. The highest BCUT2D eigenvalue weighted by Crippen LogP contribution is 2.35. The molecule has 0 bridgehead atoms. The van der Waals surface area contributed by atoms with Gasteiger partial charge in [0.05, 0.1) is 34.5 Å². The van der Waals surface area contributed by atoms with Crippen molar-refractivity contribution < 1.29 is 19.4 Å². The number of aromatic nitrogens is 2. The first-order chi connectivity index (χ1) is 17.7. The maximum atomic E-state index is 11.2. The second-order valence-electron chi connectivity index (χ2n) is 9.34. The van der Waals surface area contributed by atoms with Crippen molar-refractivity contribution in [3.63, 3.8) is 0 Å². The zero-order valence-corrected chi connectivity index (χ0v) is 20.6. The first kappa shape index (κ1) is 23.9. The lowest BCUT2D eigenvalue weighted by molar-refractivity contribution is 0.182. The van der Waals surface area contributed by atoms with E-state index in [0.717, 1.165) is 27.8 Å². The zero-order valence-electron chi connectivity index (χ0n) is 20.6. The summed E-state index contributed by atoms with van der Waals surface area (Å²) in [6, 6.07) is 22.5. The number of hydrogen-bond acceptors (Lipinski definition) is 5. The summed E-state index contributed by atoms with van der Waals surface area (Å²) >= 11 is 0. The Morgan fingerprint density at radius 2 is 1.73 bits per heavy atom. The van der Waals surface area contributed by atoms with Gasteiger partial charge in [-0.1, -0.05) is 54.6 Å². The molecule has 0 radical (unpaired) electrons. The van der Waals surface area contributed by atoms with Gasteiger partial charge in [0, 0.05) is 29.8 Å². The number of carboxylic acid groups (broad SMARTS) is 1. The Labute approximate surface area is 213 Å². The van der Waals surface area contributed by atoms with Crippen LogP contribution in [0.4, 0.5) is 10.5 Å². The van der Waals surface area contributed by atoms with Crippen LogP contribution in [-0.2, 0) is 12.6 Å². The number of hydrogen-bond donors (Lipinski definition) is 3. The van der Waals surface area contributed by atoms with Gasteiger partial charge in [-0.15, -0.1) is 0 Å². The average molecular weight is 495 g/mol. The Hall–Kier alpha value is -4.85. The van der Waals surface area contributed by atoms with Gasteiger partial charge in [0.25, 0.3) is 5.95 Å². The third-order valence-electron chi connectivity index (χ3n) is 6.22. The second-order valence-corrected chi connectivity index (χ2v) is 9.34. The average Bonchev–Trinajstić information content (AvgIpc) is 3.44. The van der Waals surface area contributed by atoms with Crippen molar-refractivity contribution in [3.05, 3.63) is 102 Å². The molecule has 5 rings (SSSR count). The highest BCUT2D eigenvalue weighted by molar-refractivity contribution is 6.21. The van der Waals surface area contributed by atoms with Crippen LogP contribution in [0.1, 0.15) is 30.5 Å². The molecule has 3 N–H and O–H groups in total. The van der Waals surface area contributed by atoms with Crippen LogP contribution in [0.5, 0.6) is 5.95 Å². The largest absolute Gasteiger partial charge is 0.480 e. The lowest BCUT2D eigenvalue weighted by Crippen LogP contribution is -2.40. The SMILES string of the molecule is Cn1cnc(-c2ccc(N=C(c3ccc(C(C)(C)NC(=O)O)cc3)c3c(O)oc4ccccc34)cc2)c1. The van der Waals surface area contributed by atoms with Crippen LogP contribution in [0.3, 0.4) is 0 Å². The molecule has 37 heavy (non-hydrogen) atoms. The van der Waals surface area contributed by atoms with E-state index in [-0.39, 0.29) is 5.95 Å². The molecule has 0 spiro atoms. The molecule has 8 nitrogen and oxygen atoms in total. The first-order valence-corrected chi connectivity index (χ1v) is 11.7. The number of aliphatic imine (C=N–C) groups is 1. The molecule has 0 unspecified atom stereocenters. The van der Waals surface area contributed by atoms with Crippen molar-refractivity contribution in [2.24, 2.45) is 12.0 Å².